The summed E-state index contributed by atoms with van der Waals surface area (Å²) in [7, 11) is 0. The normalized spacial score (nSPS) is 19.0. The highest BCUT2D eigenvalue weighted by molar-refractivity contribution is 7.99. The van der Waals surface area contributed by atoms with Gasteiger partial charge < -0.3 is 15.1 Å². The molecule has 2 N–H and O–H groups in total. The van der Waals surface area contributed by atoms with Crippen molar-refractivity contribution in [2.45, 2.75) is 24.6 Å². The van der Waals surface area contributed by atoms with Crippen LogP contribution >= 0.6 is 11.8 Å². The third kappa shape index (κ3) is 5.19. The summed E-state index contributed by atoms with van der Waals surface area (Å²) in [4.78, 5) is 41.5. The highest BCUT2D eigenvalue weighted by atomic mass is 32.2. The van der Waals surface area contributed by atoms with E-state index in [9.17, 15) is 14.4 Å². The molecule has 0 aromatic carbocycles. The van der Waals surface area contributed by atoms with E-state index in [0.717, 1.165) is 16.7 Å². The van der Waals surface area contributed by atoms with Crippen LogP contribution < -0.4 is 10.6 Å². The second-order valence-electron chi connectivity index (χ2n) is 6.33. The van der Waals surface area contributed by atoms with Crippen LogP contribution in [-0.4, -0.2) is 56.3 Å². The van der Waals surface area contributed by atoms with Crippen LogP contribution in [0, 0.1) is 5.92 Å². The van der Waals surface area contributed by atoms with Crippen LogP contribution in [0.3, 0.4) is 0 Å². The Hall–Kier alpha value is -3.21. The summed E-state index contributed by atoms with van der Waals surface area (Å²) in [5.74, 6) is -0.732. The van der Waals surface area contributed by atoms with Crippen molar-refractivity contribution in [1.29, 1.82) is 0 Å². The van der Waals surface area contributed by atoms with E-state index < -0.39 is 11.9 Å². The number of nitrogens with one attached hydrogen (secondary N) is 2. The Morgan fingerprint density at radius 3 is 3.00 bits per heavy atom. The third-order valence-electron chi connectivity index (χ3n) is 4.21. The van der Waals surface area contributed by atoms with Crippen LogP contribution in [0.4, 0.5) is 10.5 Å². The molecule has 1 aliphatic heterocycles. The minimum Gasteiger partial charge on any atom is -0.416 e. The lowest BCUT2D eigenvalue weighted by molar-refractivity contribution is -0.134. The van der Waals surface area contributed by atoms with Gasteiger partial charge in [-0.3, -0.25) is 19.5 Å². The Kier molecular flexibility index (Phi) is 6.60. The first-order valence-corrected chi connectivity index (χ1v) is 9.84. The van der Waals surface area contributed by atoms with Crippen LogP contribution in [-0.2, 0) is 16.0 Å². The SMILES string of the molecule is C=CCN1C(=O)NC(C)C(Cc2nnc(SCC(=O)Nc3cccnc3)o2)C1=O. The fourth-order valence-corrected chi connectivity index (χ4v) is 3.36. The zero-order valence-corrected chi connectivity index (χ0v) is 16.5. The van der Waals surface area contributed by atoms with Gasteiger partial charge in [-0.1, -0.05) is 17.8 Å². The number of anilines is 1. The van der Waals surface area contributed by atoms with Crippen molar-refractivity contribution in [2.75, 3.05) is 17.6 Å². The molecule has 3 heterocycles. The van der Waals surface area contributed by atoms with E-state index in [2.05, 4.69) is 32.4 Å². The molecule has 2 aromatic rings. The number of rotatable bonds is 8. The number of amides is 4. The lowest BCUT2D eigenvalue weighted by Gasteiger charge is -2.34. The van der Waals surface area contributed by atoms with Crippen LogP contribution in [0.1, 0.15) is 12.8 Å². The highest BCUT2D eigenvalue weighted by Gasteiger charge is 2.39. The molecule has 1 fully saturated rings. The number of aromatic nitrogens is 3. The molecule has 2 aromatic heterocycles. The minimum absolute atomic E-state index is 0.0818. The number of carbonyl (C=O) groups excluding carboxylic acids is 3. The van der Waals surface area contributed by atoms with Gasteiger partial charge in [-0.25, -0.2) is 4.79 Å². The van der Waals surface area contributed by atoms with Crippen molar-refractivity contribution in [3.05, 3.63) is 43.1 Å². The van der Waals surface area contributed by atoms with Gasteiger partial charge in [0.15, 0.2) is 0 Å². The van der Waals surface area contributed by atoms with E-state index in [1.165, 1.54) is 6.08 Å². The number of pyridine rings is 1. The largest absolute Gasteiger partial charge is 0.416 e. The smallest absolute Gasteiger partial charge is 0.324 e. The number of hydrogen-bond donors (Lipinski definition) is 2. The number of nitrogens with zero attached hydrogens (tertiary/aromatic N) is 4. The van der Waals surface area contributed by atoms with Gasteiger partial charge in [-0.05, 0) is 19.1 Å². The Labute approximate surface area is 171 Å². The van der Waals surface area contributed by atoms with E-state index in [4.69, 9.17) is 4.42 Å². The summed E-state index contributed by atoms with van der Waals surface area (Å²) in [6.45, 7) is 5.44. The van der Waals surface area contributed by atoms with Gasteiger partial charge in [0.1, 0.15) is 0 Å². The van der Waals surface area contributed by atoms with Crippen molar-refractivity contribution in [3.63, 3.8) is 0 Å². The maximum atomic E-state index is 12.6. The van der Waals surface area contributed by atoms with E-state index in [-0.39, 0.29) is 47.7 Å². The van der Waals surface area contributed by atoms with Crippen molar-refractivity contribution >= 4 is 35.3 Å². The molecular weight excluding hydrogens is 396 g/mol. The molecule has 10 nitrogen and oxygen atoms in total. The molecule has 1 aliphatic rings. The van der Waals surface area contributed by atoms with Gasteiger partial charge in [0.25, 0.3) is 5.22 Å². The second kappa shape index (κ2) is 9.32. The van der Waals surface area contributed by atoms with Crippen molar-refractivity contribution in [1.82, 2.24) is 25.4 Å². The van der Waals surface area contributed by atoms with Crippen molar-refractivity contribution in [2.24, 2.45) is 5.92 Å². The molecule has 152 valence electrons. The molecule has 0 bridgehead atoms. The number of carbonyl (C=O) groups is 3. The first-order valence-electron chi connectivity index (χ1n) is 8.85. The molecule has 4 amide bonds. The number of urea groups is 1. The average Bonchev–Trinajstić information content (AvgIpc) is 3.15. The van der Waals surface area contributed by atoms with Gasteiger partial charge in [0.2, 0.25) is 17.7 Å². The van der Waals surface area contributed by atoms with E-state index in [1.807, 2.05) is 0 Å². The monoisotopic (exact) mass is 416 g/mol. The summed E-state index contributed by atoms with van der Waals surface area (Å²) in [5.41, 5.74) is 0.597. The molecular formula is C18H20N6O4S. The van der Waals surface area contributed by atoms with E-state index >= 15 is 0 Å². The summed E-state index contributed by atoms with van der Waals surface area (Å²) in [5, 5.41) is 13.5. The topological polar surface area (TPSA) is 130 Å². The summed E-state index contributed by atoms with van der Waals surface area (Å²) in [6.07, 6.45) is 4.83. The molecule has 2 atom stereocenters. The molecule has 29 heavy (non-hydrogen) atoms. The average molecular weight is 416 g/mol. The molecule has 2 unspecified atom stereocenters. The van der Waals surface area contributed by atoms with Gasteiger partial charge in [-0.2, -0.15) is 0 Å². The number of thioether (sulfide) groups is 1. The molecule has 0 saturated carbocycles. The fraction of sp³-hybridized carbons (Fsp3) is 0.333. The first kappa shape index (κ1) is 20.5. The van der Waals surface area contributed by atoms with Gasteiger partial charge >= 0.3 is 6.03 Å². The van der Waals surface area contributed by atoms with Crippen LogP contribution in [0.5, 0.6) is 0 Å². The predicted molar refractivity (Wildman–Crippen MR) is 105 cm³/mol. The molecule has 11 heteroatoms. The Bertz CT molecular complexity index is 903. The number of imide groups is 1. The zero-order chi connectivity index (χ0) is 20.8. The minimum atomic E-state index is -0.528. The van der Waals surface area contributed by atoms with Crippen LogP contribution in [0.25, 0.3) is 0 Å². The quantitative estimate of drug-likeness (QED) is 0.489. The van der Waals surface area contributed by atoms with Crippen LogP contribution in [0.2, 0.25) is 0 Å². The molecule has 0 aliphatic carbocycles. The highest BCUT2D eigenvalue weighted by Crippen LogP contribution is 2.22. The summed E-state index contributed by atoms with van der Waals surface area (Å²) >= 11 is 1.09. The lowest BCUT2D eigenvalue weighted by Crippen LogP contribution is -2.59. The predicted octanol–water partition coefficient (Wildman–Crippen LogP) is 1.48. The second-order valence-corrected chi connectivity index (χ2v) is 7.25. The fourth-order valence-electron chi connectivity index (χ4n) is 2.78. The maximum Gasteiger partial charge on any atom is 0.324 e. The Balaban J connectivity index is 1.55. The van der Waals surface area contributed by atoms with Crippen LogP contribution in [0.15, 0.2) is 46.8 Å². The van der Waals surface area contributed by atoms with Gasteiger partial charge in [-0.15, -0.1) is 16.8 Å². The van der Waals surface area contributed by atoms with Gasteiger partial charge in [0, 0.05) is 25.2 Å². The van der Waals surface area contributed by atoms with E-state index in [1.54, 1.807) is 31.5 Å². The van der Waals surface area contributed by atoms with Crippen molar-refractivity contribution in [3.8, 4) is 0 Å². The van der Waals surface area contributed by atoms with Gasteiger partial charge in [0.05, 0.1) is 23.6 Å². The molecule has 0 spiro atoms. The maximum absolute atomic E-state index is 12.6. The number of hydrogen-bond acceptors (Lipinski definition) is 8. The first-order chi connectivity index (χ1) is 14.0. The summed E-state index contributed by atoms with van der Waals surface area (Å²) in [6, 6.07) is 2.64. The zero-order valence-electron chi connectivity index (χ0n) is 15.7. The van der Waals surface area contributed by atoms with E-state index in [0.29, 0.717) is 5.69 Å². The molecule has 3 rings (SSSR count). The lowest BCUT2D eigenvalue weighted by atomic mass is 9.93. The van der Waals surface area contributed by atoms with Crippen molar-refractivity contribution < 1.29 is 18.8 Å². The third-order valence-corrected chi connectivity index (χ3v) is 5.03. The Morgan fingerprint density at radius 2 is 2.28 bits per heavy atom. The molecule has 1 saturated heterocycles. The Morgan fingerprint density at radius 1 is 1.45 bits per heavy atom. The standard InChI is InChI=1S/C18H20N6O4S/c1-3-7-24-16(26)13(11(2)20-17(24)27)8-15-22-23-18(28-15)29-10-14(25)21-12-5-4-6-19-9-12/h3-6,9,11,13H,1,7-8,10H2,2H3,(H,20,27)(H,21,25). The molecule has 0 radical (unpaired) electrons. The summed E-state index contributed by atoms with van der Waals surface area (Å²) < 4.78 is 5.55.